The van der Waals surface area contributed by atoms with E-state index in [0.29, 0.717) is 11.4 Å². The van der Waals surface area contributed by atoms with Crippen LogP contribution in [-0.2, 0) is 25.6 Å². The summed E-state index contributed by atoms with van der Waals surface area (Å²) in [6.45, 7) is 5.53. The van der Waals surface area contributed by atoms with Crippen molar-refractivity contribution < 1.29 is 39.6 Å². The fraction of sp³-hybridized carbons (Fsp3) is 0.536. The number of carbonyl (C=O) groups excluding carboxylic acids is 4. The number of nitrogens with one attached hydrogen (secondary N) is 2. The molecule has 1 aromatic rings. The molecule has 14 nitrogen and oxygen atoms in total. The first-order valence-electron chi connectivity index (χ1n) is 13.5. The molecule has 0 aliphatic heterocycles. The van der Waals surface area contributed by atoms with Crippen molar-refractivity contribution in [3.8, 4) is 5.75 Å². The zero-order valence-electron chi connectivity index (χ0n) is 25.9. The Bertz CT molecular complexity index is 1470. The maximum absolute atomic E-state index is 14.0. The first kappa shape index (κ1) is 39.9. The molecule has 3 aliphatic rings. The molecule has 1 fully saturated rings. The highest BCUT2D eigenvalue weighted by Gasteiger charge is 2.64. The summed E-state index contributed by atoms with van der Waals surface area (Å²) in [6, 6.07) is -1.18. The fourth-order valence-corrected chi connectivity index (χ4v) is 6.16. The molecule has 4 atom stereocenters. The lowest BCUT2D eigenvalue weighted by atomic mass is 9.57. The predicted octanol–water partition coefficient (Wildman–Crippen LogP) is 1.02. The molecule has 4 rings (SSSR count). The molecule has 252 valence electrons. The number of rotatable bonds is 6. The van der Waals surface area contributed by atoms with E-state index in [1.54, 1.807) is 19.0 Å². The zero-order valence-corrected chi connectivity index (χ0v) is 28.4. The van der Waals surface area contributed by atoms with Crippen LogP contribution in [0.2, 0.25) is 0 Å². The first-order chi connectivity index (χ1) is 19.3. The summed E-state index contributed by atoms with van der Waals surface area (Å²) < 4.78 is 0. The van der Waals surface area contributed by atoms with Crippen molar-refractivity contribution in [3.05, 3.63) is 28.0 Å². The van der Waals surface area contributed by atoms with Gasteiger partial charge in [0, 0.05) is 36.7 Å². The highest BCUT2D eigenvalue weighted by molar-refractivity contribution is 6.24. The van der Waals surface area contributed by atoms with Gasteiger partial charge in [0.25, 0.3) is 5.91 Å². The van der Waals surface area contributed by atoms with E-state index in [9.17, 15) is 39.6 Å². The Morgan fingerprint density at radius 1 is 1.07 bits per heavy atom. The molecule has 1 heterocycles. The number of halogens is 3. The average Bonchev–Trinajstić information content (AvgIpc) is 2.85. The molecule has 3 aliphatic carbocycles. The SMILES string of the molecule is CN(C)c1nc(NC(=O)CNC(C)(C)C)c(O)c2c1C[C@H]1C[C@H]3[C@H](N(C)C)C(=O)C(C(N)=O)=C(O)[C@@]3(O)C(=O)C1=C2O.Cl.Cl.Cl. The molecule has 0 saturated heterocycles. The molecular formula is C28H41Cl3N6O8. The molecule has 0 spiro atoms. The number of ketones is 2. The molecule has 1 saturated carbocycles. The molecule has 2 amide bonds. The van der Waals surface area contributed by atoms with Crippen molar-refractivity contribution in [2.45, 2.75) is 50.8 Å². The van der Waals surface area contributed by atoms with Crippen LogP contribution < -0.4 is 21.3 Å². The van der Waals surface area contributed by atoms with Gasteiger partial charge in [-0.25, -0.2) is 4.98 Å². The molecule has 17 heteroatoms. The van der Waals surface area contributed by atoms with Gasteiger partial charge in [-0.05, 0) is 53.6 Å². The predicted molar refractivity (Wildman–Crippen MR) is 174 cm³/mol. The first-order valence-corrected chi connectivity index (χ1v) is 13.5. The second kappa shape index (κ2) is 13.7. The monoisotopic (exact) mass is 694 g/mol. The molecule has 0 bridgehead atoms. The standard InChI is InChI=1S/C28H38N6O8.3ClH/c1-27(2,3)30-10-14(35)31-25-21(38)16-12(26(32-25)34(6)7)8-11-9-13-18(33(4)5)20(37)17(24(29)41)23(40)28(13,42)22(39)15(11)19(16)36;;;/h11,13,18,30,36,38,40,42H,8-10H2,1-7H3,(H2,29,41)(H,31,32,35);3*1H/t11-,13-,18-,28-;;;/m0.../s1. The Hall–Kier alpha value is -3.14. The number of aliphatic hydroxyl groups is 3. The number of aromatic nitrogens is 1. The van der Waals surface area contributed by atoms with Gasteiger partial charge in [0.2, 0.25) is 11.7 Å². The van der Waals surface area contributed by atoms with Gasteiger partial charge >= 0.3 is 0 Å². The molecule has 8 N–H and O–H groups in total. The van der Waals surface area contributed by atoms with Gasteiger partial charge < -0.3 is 41.7 Å². The number of fused-ring (bicyclic) bond motifs is 3. The minimum Gasteiger partial charge on any atom is -0.508 e. The van der Waals surface area contributed by atoms with Crippen LogP contribution in [0.4, 0.5) is 11.6 Å². The number of aliphatic hydroxyl groups excluding tert-OH is 2. The highest BCUT2D eigenvalue weighted by atomic mass is 35.5. The van der Waals surface area contributed by atoms with E-state index in [2.05, 4.69) is 15.6 Å². The summed E-state index contributed by atoms with van der Waals surface area (Å²) in [7, 11) is 6.44. The lowest BCUT2D eigenvalue weighted by molar-refractivity contribution is -0.153. The van der Waals surface area contributed by atoms with E-state index < -0.39 is 69.7 Å². The Morgan fingerprint density at radius 2 is 1.64 bits per heavy atom. The van der Waals surface area contributed by atoms with Crippen LogP contribution in [0.1, 0.15) is 38.3 Å². The van der Waals surface area contributed by atoms with Crippen LogP contribution in [0.3, 0.4) is 0 Å². The van der Waals surface area contributed by atoms with Crippen LogP contribution in [0.5, 0.6) is 5.75 Å². The second-order valence-corrected chi connectivity index (χ2v) is 12.5. The number of pyridine rings is 1. The number of carbonyl (C=O) groups is 4. The maximum atomic E-state index is 14.0. The van der Waals surface area contributed by atoms with E-state index >= 15 is 0 Å². The minimum absolute atomic E-state index is 0. The number of anilines is 2. The number of hydrogen-bond donors (Lipinski definition) is 7. The third kappa shape index (κ3) is 6.58. The summed E-state index contributed by atoms with van der Waals surface area (Å²) in [5.74, 6) is -8.06. The largest absolute Gasteiger partial charge is 0.508 e. The summed E-state index contributed by atoms with van der Waals surface area (Å²) in [5, 5.41) is 51.0. The van der Waals surface area contributed by atoms with Crippen LogP contribution in [0, 0.1) is 11.8 Å². The Morgan fingerprint density at radius 3 is 2.13 bits per heavy atom. The number of primary amides is 1. The van der Waals surface area contributed by atoms with Crippen molar-refractivity contribution >= 4 is 78.0 Å². The van der Waals surface area contributed by atoms with E-state index in [1.165, 1.54) is 19.0 Å². The van der Waals surface area contributed by atoms with Crippen LogP contribution >= 0.6 is 37.2 Å². The smallest absolute Gasteiger partial charge is 0.255 e. The minimum atomic E-state index is -2.74. The van der Waals surface area contributed by atoms with Gasteiger partial charge in [0.05, 0.1) is 18.2 Å². The van der Waals surface area contributed by atoms with Crippen LogP contribution in [0.25, 0.3) is 5.76 Å². The van der Waals surface area contributed by atoms with Crippen molar-refractivity contribution in [2.24, 2.45) is 17.6 Å². The Balaban J connectivity index is 0.00000337. The lowest BCUT2D eigenvalue weighted by Crippen LogP contribution is -2.65. The van der Waals surface area contributed by atoms with E-state index in [1.807, 2.05) is 20.8 Å². The fourth-order valence-electron chi connectivity index (χ4n) is 6.16. The van der Waals surface area contributed by atoms with Gasteiger partial charge in [-0.3, -0.25) is 24.1 Å². The lowest BCUT2D eigenvalue weighted by Gasteiger charge is -2.50. The second-order valence-electron chi connectivity index (χ2n) is 12.5. The van der Waals surface area contributed by atoms with Crippen LogP contribution in [-0.4, -0.2) is 106 Å². The van der Waals surface area contributed by atoms with E-state index in [0.717, 1.165) is 0 Å². The number of nitrogens with zero attached hydrogens (tertiary/aromatic N) is 3. The van der Waals surface area contributed by atoms with Gasteiger partial charge in [-0.1, -0.05) is 0 Å². The van der Waals surface area contributed by atoms with Gasteiger partial charge in [-0.2, -0.15) is 0 Å². The highest BCUT2D eigenvalue weighted by Crippen LogP contribution is 2.54. The quantitative estimate of drug-likeness (QED) is 0.208. The summed E-state index contributed by atoms with van der Waals surface area (Å²) >= 11 is 0. The van der Waals surface area contributed by atoms with Crippen molar-refractivity contribution in [1.29, 1.82) is 0 Å². The number of Topliss-reactive ketones (excluding diaryl/α,β-unsaturated/α-hetero) is 2. The van der Waals surface area contributed by atoms with Crippen LogP contribution in [0.15, 0.2) is 16.9 Å². The molecule has 0 radical (unpaired) electrons. The molecule has 1 aromatic heterocycles. The van der Waals surface area contributed by atoms with Gasteiger partial charge in [0.15, 0.2) is 23.0 Å². The van der Waals surface area contributed by atoms with Crippen molar-refractivity contribution in [3.63, 3.8) is 0 Å². The third-order valence-corrected chi connectivity index (χ3v) is 8.02. The number of aromatic hydroxyl groups is 1. The van der Waals surface area contributed by atoms with E-state index in [-0.39, 0.29) is 79.1 Å². The summed E-state index contributed by atoms with van der Waals surface area (Å²) in [5.41, 5.74) is 1.30. The summed E-state index contributed by atoms with van der Waals surface area (Å²) in [6.07, 6.45) is 0.0266. The number of hydrogen-bond acceptors (Lipinski definition) is 12. The van der Waals surface area contributed by atoms with Gasteiger partial charge in [0.1, 0.15) is 22.9 Å². The zero-order chi connectivity index (χ0) is 31.6. The topological polar surface area (TPSA) is 219 Å². The molecule has 45 heavy (non-hydrogen) atoms. The van der Waals surface area contributed by atoms with Crippen molar-refractivity contribution in [2.75, 3.05) is 45.0 Å². The van der Waals surface area contributed by atoms with Gasteiger partial charge in [-0.15, -0.1) is 37.2 Å². The van der Waals surface area contributed by atoms with E-state index in [4.69, 9.17) is 5.73 Å². The molecule has 0 aromatic carbocycles. The maximum Gasteiger partial charge on any atom is 0.255 e. The number of nitrogens with two attached hydrogens (primary N) is 1. The summed E-state index contributed by atoms with van der Waals surface area (Å²) in [4.78, 5) is 59.6. The third-order valence-electron chi connectivity index (χ3n) is 8.02. The normalized spacial score (nSPS) is 24.0. The Kier molecular flexibility index (Phi) is 12.1. The Labute approximate surface area is 279 Å². The van der Waals surface area contributed by atoms with Crippen molar-refractivity contribution in [1.82, 2.24) is 15.2 Å². The molecule has 0 unspecified atom stereocenters. The number of likely N-dealkylation sites (N-methyl/N-ethyl adjacent to an activating group) is 1. The molecular weight excluding hydrogens is 655 g/mol. The average molecular weight is 696 g/mol. The number of amides is 2.